The Labute approximate surface area is 159 Å². The molecule has 0 atom stereocenters. The first-order chi connectivity index (χ1) is 12.4. The zero-order valence-corrected chi connectivity index (χ0v) is 16.5. The second kappa shape index (κ2) is 7.73. The number of nitrogens with two attached hydrogens (primary N) is 2. The number of aliphatic hydroxyl groups excluding tert-OH is 1. The number of hydrazone groups is 1. The van der Waals surface area contributed by atoms with E-state index in [9.17, 15) is 0 Å². The van der Waals surface area contributed by atoms with Crippen LogP contribution >= 0.6 is 0 Å². The Morgan fingerprint density at radius 2 is 1.81 bits per heavy atom. The van der Waals surface area contributed by atoms with Crippen LogP contribution in [-0.2, 0) is 0 Å². The molecule has 0 aliphatic carbocycles. The summed E-state index contributed by atoms with van der Waals surface area (Å²) in [6.07, 6.45) is 0. The quantitative estimate of drug-likeness (QED) is 0.541. The van der Waals surface area contributed by atoms with Crippen molar-refractivity contribution in [3.8, 4) is 5.75 Å². The van der Waals surface area contributed by atoms with E-state index in [0.29, 0.717) is 23.7 Å². The molecule has 6 N–H and O–H groups in total. The molecule has 0 spiro atoms. The first-order valence-electron chi connectivity index (χ1n) is 8.61. The molecule has 0 aromatic heterocycles. The van der Waals surface area contributed by atoms with E-state index in [-0.39, 0.29) is 11.4 Å². The maximum atomic E-state index is 9.08. The molecule has 148 valence electrons. The summed E-state index contributed by atoms with van der Waals surface area (Å²) in [4.78, 5) is 6.61. The Kier molecular flexibility index (Phi) is 6.01. The van der Waals surface area contributed by atoms with Gasteiger partial charge >= 0.3 is 0 Å². The van der Waals surface area contributed by atoms with Gasteiger partial charge in [-0.15, -0.1) is 0 Å². The Hall–Kier alpha value is -2.33. The van der Waals surface area contributed by atoms with Crippen molar-refractivity contribution in [2.45, 2.75) is 32.2 Å². The Morgan fingerprint density at radius 1 is 1.22 bits per heavy atom. The highest BCUT2D eigenvalue weighted by Gasteiger charge is 2.35. The number of hydrogen-bond donors (Lipinski definition) is 4. The van der Waals surface area contributed by atoms with Crippen molar-refractivity contribution in [2.24, 2.45) is 21.6 Å². The molecular weight excluding hydrogens is 346 g/mol. The molecule has 1 aliphatic rings. The lowest BCUT2D eigenvalue weighted by Gasteiger charge is -2.29. The average Bonchev–Trinajstić information content (AvgIpc) is 2.85. The van der Waals surface area contributed by atoms with Crippen molar-refractivity contribution in [1.82, 2.24) is 9.91 Å². The van der Waals surface area contributed by atoms with Crippen LogP contribution < -0.4 is 16.2 Å². The number of ether oxygens (including phenoxy) is 1. The van der Waals surface area contributed by atoms with Gasteiger partial charge in [-0.1, -0.05) is 0 Å². The van der Waals surface area contributed by atoms with Gasteiger partial charge < -0.3 is 14.7 Å². The molecule has 0 radical (unpaired) electrons. The number of rotatable bonds is 6. The predicted molar refractivity (Wildman–Crippen MR) is 108 cm³/mol. The number of aliphatic imine (C=N–C) groups is 1. The van der Waals surface area contributed by atoms with E-state index < -0.39 is 12.5 Å². The standard InChI is InChI=1S/C18H29N7O2/c1-17(2,3)25-16(19)15(14(23-25)10-24(4)5)22-12-6-8-13(9-7-12)27-18(20,21)11-26/h6-9,19,26H,10-11,20-21H2,1-5H3. The summed E-state index contributed by atoms with van der Waals surface area (Å²) in [6.45, 7) is 6.07. The summed E-state index contributed by atoms with van der Waals surface area (Å²) in [5.74, 6) is -0.958. The van der Waals surface area contributed by atoms with Gasteiger partial charge in [0.25, 0.3) is 0 Å². The smallest absolute Gasteiger partial charge is 0.236 e. The minimum absolute atomic E-state index is 0.267. The summed E-state index contributed by atoms with van der Waals surface area (Å²) in [5.41, 5.74) is 12.8. The van der Waals surface area contributed by atoms with Crippen LogP contribution in [-0.4, -0.2) is 70.9 Å². The van der Waals surface area contributed by atoms with Crippen LogP contribution in [0.3, 0.4) is 0 Å². The fourth-order valence-electron chi connectivity index (χ4n) is 2.43. The maximum Gasteiger partial charge on any atom is 0.236 e. The number of aliphatic hydroxyl groups is 1. The fourth-order valence-corrected chi connectivity index (χ4v) is 2.43. The molecule has 9 heteroatoms. The number of nitrogens with one attached hydrogen (secondary N) is 1. The highest BCUT2D eigenvalue weighted by molar-refractivity contribution is 6.70. The van der Waals surface area contributed by atoms with Crippen LogP contribution in [0.4, 0.5) is 5.69 Å². The Morgan fingerprint density at radius 3 is 2.30 bits per heavy atom. The molecule has 1 heterocycles. The normalized spacial score (nSPS) is 17.1. The molecule has 1 aliphatic heterocycles. The summed E-state index contributed by atoms with van der Waals surface area (Å²) in [7, 11) is 3.89. The van der Waals surface area contributed by atoms with Crippen molar-refractivity contribution < 1.29 is 9.84 Å². The van der Waals surface area contributed by atoms with Gasteiger partial charge in [-0.25, -0.2) is 10.0 Å². The fraction of sp³-hybridized carbons (Fsp3) is 0.500. The Bertz CT molecular complexity index is 746. The van der Waals surface area contributed by atoms with E-state index in [1.165, 1.54) is 0 Å². The van der Waals surface area contributed by atoms with Gasteiger partial charge in [0.15, 0.2) is 5.84 Å². The molecule has 0 saturated heterocycles. The van der Waals surface area contributed by atoms with E-state index >= 15 is 0 Å². The van der Waals surface area contributed by atoms with Crippen LogP contribution in [0.5, 0.6) is 5.75 Å². The molecule has 1 aromatic carbocycles. The van der Waals surface area contributed by atoms with E-state index in [1.807, 2.05) is 39.8 Å². The van der Waals surface area contributed by atoms with Crippen molar-refractivity contribution in [1.29, 1.82) is 5.41 Å². The summed E-state index contributed by atoms with van der Waals surface area (Å²) < 4.78 is 5.31. The van der Waals surface area contributed by atoms with Crippen molar-refractivity contribution in [3.63, 3.8) is 0 Å². The third kappa shape index (κ3) is 5.33. The van der Waals surface area contributed by atoms with E-state index in [1.54, 1.807) is 29.3 Å². The van der Waals surface area contributed by atoms with Gasteiger partial charge in [-0.05, 0) is 59.1 Å². The largest absolute Gasteiger partial charge is 0.458 e. The zero-order valence-electron chi connectivity index (χ0n) is 16.5. The predicted octanol–water partition coefficient (Wildman–Crippen LogP) is 0.710. The highest BCUT2D eigenvalue weighted by Crippen LogP contribution is 2.24. The zero-order chi connectivity index (χ0) is 20.4. The molecule has 0 unspecified atom stereocenters. The number of benzene rings is 1. The van der Waals surface area contributed by atoms with Gasteiger partial charge in [0.05, 0.1) is 11.2 Å². The van der Waals surface area contributed by atoms with Gasteiger partial charge in [0.1, 0.15) is 23.8 Å². The van der Waals surface area contributed by atoms with Gasteiger partial charge in [0.2, 0.25) is 5.85 Å². The summed E-state index contributed by atoms with van der Waals surface area (Å²) >= 11 is 0. The van der Waals surface area contributed by atoms with Crippen molar-refractivity contribution >= 4 is 22.9 Å². The minimum Gasteiger partial charge on any atom is -0.458 e. The monoisotopic (exact) mass is 375 g/mol. The van der Waals surface area contributed by atoms with Gasteiger partial charge in [-0.3, -0.25) is 16.9 Å². The van der Waals surface area contributed by atoms with Crippen molar-refractivity contribution in [2.75, 3.05) is 27.2 Å². The third-order valence-corrected chi connectivity index (χ3v) is 3.66. The van der Waals surface area contributed by atoms with E-state index in [2.05, 4.69) is 10.1 Å². The first kappa shape index (κ1) is 21.0. The van der Waals surface area contributed by atoms with Crippen LogP contribution in [0.2, 0.25) is 0 Å². The van der Waals surface area contributed by atoms with Crippen molar-refractivity contribution in [3.05, 3.63) is 24.3 Å². The van der Waals surface area contributed by atoms with Crippen LogP contribution in [0, 0.1) is 5.41 Å². The number of hydrogen-bond acceptors (Lipinski definition) is 8. The van der Waals surface area contributed by atoms with Crippen LogP contribution in [0.15, 0.2) is 34.4 Å². The molecule has 0 fully saturated rings. The molecule has 1 aromatic rings. The first-order valence-corrected chi connectivity index (χ1v) is 8.61. The third-order valence-electron chi connectivity index (χ3n) is 3.66. The SMILES string of the molecule is CN(C)CC1=NN(C(C)(C)C)C(=N)C1=Nc1ccc(OC(N)(N)CO)cc1. The molecule has 2 rings (SSSR count). The summed E-state index contributed by atoms with van der Waals surface area (Å²) in [6, 6.07) is 6.78. The maximum absolute atomic E-state index is 9.08. The number of nitrogens with zero attached hydrogens (tertiary/aromatic N) is 4. The molecule has 27 heavy (non-hydrogen) atoms. The minimum atomic E-state index is -1.64. The van der Waals surface area contributed by atoms with Gasteiger partial charge in [0, 0.05) is 6.54 Å². The molecule has 0 bridgehead atoms. The number of amidine groups is 1. The molecule has 9 nitrogen and oxygen atoms in total. The molecule has 0 saturated carbocycles. The average molecular weight is 375 g/mol. The molecule has 0 amide bonds. The highest BCUT2D eigenvalue weighted by atomic mass is 16.5. The van der Waals surface area contributed by atoms with E-state index in [0.717, 1.165) is 5.71 Å². The second-order valence-corrected chi connectivity index (χ2v) is 7.79. The topological polar surface area (TPSA) is 137 Å². The molecular formula is C18H29N7O2. The lowest BCUT2D eigenvalue weighted by atomic mass is 10.1. The second-order valence-electron chi connectivity index (χ2n) is 7.79. The van der Waals surface area contributed by atoms with Crippen LogP contribution in [0.1, 0.15) is 20.8 Å². The van der Waals surface area contributed by atoms with E-state index in [4.69, 9.17) is 26.7 Å². The lowest BCUT2D eigenvalue weighted by Crippen LogP contribution is -2.57. The lowest BCUT2D eigenvalue weighted by molar-refractivity contribution is 0.0198. The summed E-state index contributed by atoms with van der Waals surface area (Å²) in [5, 5.41) is 23.9. The van der Waals surface area contributed by atoms with Gasteiger partial charge in [-0.2, -0.15) is 5.10 Å². The van der Waals surface area contributed by atoms with Crippen LogP contribution in [0.25, 0.3) is 0 Å². The Balaban J connectivity index is 2.30.